The lowest BCUT2D eigenvalue weighted by Crippen LogP contribution is -2.55. The van der Waals surface area contributed by atoms with Crippen LogP contribution in [0.1, 0.15) is 31.4 Å². The highest BCUT2D eigenvalue weighted by atomic mass is 16.5. The Kier molecular flexibility index (Phi) is 9.69. The van der Waals surface area contributed by atoms with Gasteiger partial charge in [-0.15, -0.1) is 0 Å². The minimum absolute atomic E-state index is 0.0526. The molecule has 0 spiro atoms. The van der Waals surface area contributed by atoms with E-state index >= 15 is 0 Å². The third-order valence-corrected chi connectivity index (χ3v) is 4.79. The fourth-order valence-electron chi connectivity index (χ4n) is 3.18. The van der Waals surface area contributed by atoms with Crippen molar-refractivity contribution in [2.45, 2.75) is 51.5 Å². The highest BCUT2D eigenvalue weighted by molar-refractivity contribution is 5.86. The lowest BCUT2D eigenvalue weighted by atomic mass is 9.99. The predicted octanol–water partition coefficient (Wildman–Crippen LogP) is 2.50. The molecule has 0 aliphatic heterocycles. The van der Waals surface area contributed by atoms with E-state index in [4.69, 9.17) is 4.74 Å². The van der Waals surface area contributed by atoms with Crippen LogP contribution in [0.25, 0.3) is 0 Å². The van der Waals surface area contributed by atoms with E-state index in [-0.39, 0.29) is 18.9 Å². The Morgan fingerprint density at radius 1 is 0.906 bits per heavy atom. The SMILES string of the molecule is CC(C)C[C@H](NC(=O)OCc1ccccc1)C(=O)N[C@@H](Cc1ccccc1)[C@@H](O)C(=O)O. The number of hydrogen-bond donors (Lipinski definition) is 4. The van der Waals surface area contributed by atoms with E-state index in [0.717, 1.165) is 11.1 Å². The quantitative estimate of drug-likeness (QED) is 0.424. The molecule has 0 radical (unpaired) electrons. The Morgan fingerprint density at radius 3 is 2.00 bits per heavy atom. The molecule has 0 aliphatic carbocycles. The maximum Gasteiger partial charge on any atom is 0.408 e. The summed E-state index contributed by atoms with van der Waals surface area (Å²) in [4.78, 5) is 36.6. The number of carbonyl (C=O) groups is 3. The molecule has 2 aromatic rings. The van der Waals surface area contributed by atoms with Crippen molar-refractivity contribution in [3.63, 3.8) is 0 Å². The lowest BCUT2D eigenvalue weighted by Gasteiger charge is -2.26. The van der Waals surface area contributed by atoms with Crippen LogP contribution in [0.3, 0.4) is 0 Å². The van der Waals surface area contributed by atoms with Gasteiger partial charge in [-0.1, -0.05) is 74.5 Å². The van der Waals surface area contributed by atoms with Gasteiger partial charge in [-0.25, -0.2) is 9.59 Å². The first kappa shape index (κ1) is 24.9. The van der Waals surface area contributed by atoms with Crippen molar-refractivity contribution >= 4 is 18.0 Å². The molecular weight excluding hydrogens is 412 g/mol. The van der Waals surface area contributed by atoms with Crippen molar-refractivity contribution in [1.29, 1.82) is 0 Å². The summed E-state index contributed by atoms with van der Waals surface area (Å²) < 4.78 is 5.20. The van der Waals surface area contributed by atoms with E-state index in [1.165, 1.54) is 0 Å². The molecule has 0 fully saturated rings. The summed E-state index contributed by atoms with van der Waals surface area (Å²) in [5.74, 6) is -1.96. The second-order valence-corrected chi connectivity index (χ2v) is 7.98. The molecule has 172 valence electrons. The molecule has 8 nitrogen and oxygen atoms in total. The normalized spacial score (nSPS) is 13.6. The summed E-state index contributed by atoms with van der Waals surface area (Å²) in [5.41, 5.74) is 1.56. The van der Waals surface area contributed by atoms with Crippen LogP contribution in [-0.2, 0) is 27.4 Å². The van der Waals surface area contributed by atoms with E-state index in [1.807, 2.05) is 50.2 Å². The number of ether oxygens (including phenoxy) is 1. The predicted molar refractivity (Wildman–Crippen MR) is 119 cm³/mol. The molecular formula is C24H30N2O6. The van der Waals surface area contributed by atoms with Crippen molar-refractivity contribution in [1.82, 2.24) is 10.6 Å². The van der Waals surface area contributed by atoms with E-state index in [9.17, 15) is 24.6 Å². The van der Waals surface area contributed by atoms with Crippen molar-refractivity contribution in [3.05, 3.63) is 71.8 Å². The highest BCUT2D eigenvalue weighted by Crippen LogP contribution is 2.10. The summed E-state index contributed by atoms with van der Waals surface area (Å²) >= 11 is 0. The third kappa shape index (κ3) is 8.39. The Labute approximate surface area is 187 Å². The highest BCUT2D eigenvalue weighted by Gasteiger charge is 2.31. The van der Waals surface area contributed by atoms with E-state index in [1.54, 1.807) is 24.3 Å². The van der Waals surface area contributed by atoms with Gasteiger partial charge in [0.2, 0.25) is 5.91 Å². The number of amides is 2. The molecule has 0 unspecified atom stereocenters. The molecule has 4 N–H and O–H groups in total. The number of aliphatic hydroxyl groups is 1. The van der Waals surface area contributed by atoms with Crippen LogP contribution >= 0.6 is 0 Å². The molecule has 0 aliphatic rings. The van der Waals surface area contributed by atoms with Gasteiger partial charge in [0.05, 0.1) is 6.04 Å². The number of aliphatic hydroxyl groups excluding tert-OH is 1. The zero-order valence-electron chi connectivity index (χ0n) is 18.2. The Balaban J connectivity index is 2.05. The van der Waals surface area contributed by atoms with Gasteiger partial charge in [-0.3, -0.25) is 4.79 Å². The molecule has 0 saturated carbocycles. The molecule has 0 bridgehead atoms. The maximum absolute atomic E-state index is 12.9. The van der Waals surface area contributed by atoms with Crippen LogP contribution in [0.15, 0.2) is 60.7 Å². The van der Waals surface area contributed by atoms with Gasteiger partial charge in [0, 0.05) is 0 Å². The third-order valence-electron chi connectivity index (χ3n) is 4.79. The summed E-state index contributed by atoms with van der Waals surface area (Å²) in [7, 11) is 0. The minimum Gasteiger partial charge on any atom is -0.479 e. The van der Waals surface area contributed by atoms with E-state index in [2.05, 4.69) is 10.6 Å². The van der Waals surface area contributed by atoms with Crippen LogP contribution in [0.4, 0.5) is 4.79 Å². The Morgan fingerprint density at radius 2 is 1.47 bits per heavy atom. The lowest BCUT2D eigenvalue weighted by molar-refractivity contribution is -0.148. The number of rotatable bonds is 11. The molecule has 2 amide bonds. The van der Waals surface area contributed by atoms with Gasteiger partial charge < -0.3 is 25.6 Å². The van der Waals surface area contributed by atoms with Crippen molar-refractivity contribution in [2.75, 3.05) is 0 Å². The first-order valence-corrected chi connectivity index (χ1v) is 10.5. The molecule has 0 aromatic heterocycles. The second-order valence-electron chi connectivity index (χ2n) is 7.98. The first-order valence-electron chi connectivity index (χ1n) is 10.5. The molecule has 2 aromatic carbocycles. The molecule has 2 rings (SSSR count). The van der Waals surface area contributed by atoms with Gasteiger partial charge in [0.25, 0.3) is 0 Å². The first-order chi connectivity index (χ1) is 15.3. The largest absolute Gasteiger partial charge is 0.479 e. The molecule has 8 heteroatoms. The van der Waals surface area contributed by atoms with Gasteiger partial charge in [0.1, 0.15) is 12.6 Å². The minimum atomic E-state index is -1.80. The van der Waals surface area contributed by atoms with E-state index < -0.39 is 36.2 Å². The summed E-state index contributed by atoms with van der Waals surface area (Å²) in [6.45, 7) is 3.84. The Bertz CT molecular complexity index is 873. The van der Waals surface area contributed by atoms with Crippen molar-refractivity contribution in [2.24, 2.45) is 5.92 Å². The number of carboxylic acid groups (broad SMARTS) is 1. The van der Waals surface area contributed by atoms with Crippen LogP contribution < -0.4 is 10.6 Å². The number of carbonyl (C=O) groups excluding carboxylic acids is 2. The van der Waals surface area contributed by atoms with Crippen LogP contribution in [0.2, 0.25) is 0 Å². The number of alkyl carbamates (subject to hydrolysis) is 1. The van der Waals surface area contributed by atoms with Gasteiger partial charge in [0.15, 0.2) is 6.10 Å². The average molecular weight is 443 g/mol. The number of nitrogens with one attached hydrogen (secondary N) is 2. The number of carboxylic acids is 1. The maximum atomic E-state index is 12.9. The van der Waals surface area contributed by atoms with Crippen LogP contribution in [0.5, 0.6) is 0 Å². The second kappa shape index (κ2) is 12.5. The summed E-state index contributed by atoms with van der Waals surface area (Å²) in [6.07, 6.45) is -2.13. The molecule has 0 heterocycles. The zero-order valence-corrected chi connectivity index (χ0v) is 18.2. The average Bonchev–Trinajstić information content (AvgIpc) is 2.77. The zero-order chi connectivity index (χ0) is 23.5. The fraction of sp³-hybridized carbons (Fsp3) is 0.375. The number of aliphatic carboxylic acids is 1. The summed E-state index contributed by atoms with van der Waals surface area (Å²) in [5, 5.41) is 24.5. The standard InChI is InChI=1S/C24H30N2O6/c1-16(2)13-20(26-24(31)32-15-18-11-7-4-8-12-18)22(28)25-19(21(27)23(29)30)14-17-9-5-3-6-10-17/h3-12,16,19-21,27H,13-15H2,1-2H3,(H,25,28)(H,26,31)(H,29,30)/t19-,20-,21+/m0/s1. The van der Waals surface area contributed by atoms with Gasteiger partial charge in [-0.2, -0.15) is 0 Å². The number of benzene rings is 2. The van der Waals surface area contributed by atoms with Gasteiger partial charge in [-0.05, 0) is 29.9 Å². The molecule has 3 atom stereocenters. The molecule has 32 heavy (non-hydrogen) atoms. The van der Waals surface area contributed by atoms with Crippen molar-refractivity contribution < 1.29 is 29.3 Å². The van der Waals surface area contributed by atoms with Crippen molar-refractivity contribution in [3.8, 4) is 0 Å². The fourth-order valence-corrected chi connectivity index (χ4v) is 3.18. The number of hydrogen-bond acceptors (Lipinski definition) is 5. The topological polar surface area (TPSA) is 125 Å². The Hall–Kier alpha value is -3.39. The summed E-state index contributed by atoms with van der Waals surface area (Å²) in [6, 6.07) is 16.0. The molecule has 0 saturated heterocycles. The smallest absolute Gasteiger partial charge is 0.408 e. The monoisotopic (exact) mass is 442 g/mol. The van der Waals surface area contributed by atoms with E-state index in [0.29, 0.717) is 6.42 Å². The van der Waals surface area contributed by atoms with Gasteiger partial charge >= 0.3 is 12.1 Å². The van der Waals surface area contributed by atoms with Crippen LogP contribution in [-0.4, -0.2) is 46.4 Å². The van der Waals surface area contributed by atoms with Crippen LogP contribution in [0, 0.1) is 5.92 Å².